The predicted octanol–water partition coefficient (Wildman–Crippen LogP) is 2.95. The van der Waals surface area contributed by atoms with Gasteiger partial charge in [-0.1, -0.05) is 12.1 Å². The Hall–Kier alpha value is -3.02. The lowest BCUT2D eigenvalue weighted by molar-refractivity contribution is -0.384. The Bertz CT molecular complexity index is 711. The maximum absolute atomic E-state index is 11.8. The SMILES string of the molecule is Cc1ccncc1NC(=O)/C=C/c1cccc([N+](=O)[O-])c1. The number of hydrogen-bond acceptors (Lipinski definition) is 4. The third kappa shape index (κ3) is 3.97. The largest absolute Gasteiger partial charge is 0.321 e. The number of aryl methyl sites for hydroxylation is 1. The first-order valence-electron chi connectivity index (χ1n) is 6.20. The van der Waals surface area contributed by atoms with E-state index in [1.165, 1.54) is 24.3 Å². The molecule has 2 rings (SSSR count). The Morgan fingerprint density at radius 1 is 1.38 bits per heavy atom. The smallest absolute Gasteiger partial charge is 0.270 e. The fourth-order valence-corrected chi connectivity index (χ4v) is 1.68. The third-order valence-electron chi connectivity index (χ3n) is 2.81. The lowest BCUT2D eigenvalue weighted by Crippen LogP contribution is -2.09. The Kier molecular flexibility index (Phi) is 4.40. The summed E-state index contributed by atoms with van der Waals surface area (Å²) in [5.74, 6) is -0.322. The highest BCUT2D eigenvalue weighted by atomic mass is 16.6. The molecule has 0 aliphatic heterocycles. The van der Waals surface area contributed by atoms with Crippen LogP contribution in [0, 0.1) is 17.0 Å². The second kappa shape index (κ2) is 6.42. The molecule has 6 nitrogen and oxygen atoms in total. The fraction of sp³-hybridized carbons (Fsp3) is 0.0667. The highest BCUT2D eigenvalue weighted by molar-refractivity contribution is 6.02. The maximum Gasteiger partial charge on any atom is 0.270 e. The summed E-state index contributed by atoms with van der Waals surface area (Å²) < 4.78 is 0. The van der Waals surface area contributed by atoms with Crippen LogP contribution < -0.4 is 5.32 Å². The molecule has 2 aromatic rings. The van der Waals surface area contributed by atoms with Crippen molar-refractivity contribution in [1.29, 1.82) is 0 Å². The second-order valence-corrected chi connectivity index (χ2v) is 4.37. The molecule has 0 saturated carbocycles. The van der Waals surface area contributed by atoms with E-state index in [1.54, 1.807) is 30.6 Å². The molecule has 0 saturated heterocycles. The minimum absolute atomic E-state index is 0.0133. The van der Waals surface area contributed by atoms with Gasteiger partial charge in [0.25, 0.3) is 5.69 Å². The zero-order valence-electron chi connectivity index (χ0n) is 11.3. The number of benzene rings is 1. The van der Waals surface area contributed by atoms with Crippen molar-refractivity contribution < 1.29 is 9.72 Å². The van der Waals surface area contributed by atoms with Crippen molar-refractivity contribution in [2.75, 3.05) is 5.32 Å². The normalized spacial score (nSPS) is 10.5. The minimum Gasteiger partial charge on any atom is -0.321 e. The number of nitro benzene ring substituents is 1. The summed E-state index contributed by atoms with van der Waals surface area (Å²) in [5, 5.41) is 13.4. The van der Waals surface area contributed by atoms with Crippen molar-refractivity contribution in [3.8, 4) is 0 Å². The number of pyridine rings is 1. The summed E-state index contributed by atoms with van der Waals surface area (Å²) in [5.41, 5.74) is 2.11. The summed E-state index contributed by atoms with van der Waals surface area (Å²) in [6, 6.07) is 7.85. The van der Waals surface area contributed by atoms with E-state index >= 15 is 0 Å². The number of rotatable bonds is 4. The monoisotopic (exact) mass is 283 g/mol. The van der Waals surface area contributed by atoms with Crippen molar-refractivity contribution >= 4 is 23.4 Å². The van der Waals surface area contributed by atoms with Crippen LogP contribution in [0.2, 0.25) is 0 Å². The molecule has 1 N–H and O–H groups in total. The number of nitrogens with zero attached hydrogens (tertiary/aromatic N) is 2. The van der Waals surface area contributed by atoms with Crippen LogP contribution in [0.4, 0.5) is 11.4 Å². The molecule has 0 radical (unpaired) electrons. The summed E-state index contributed by atoms with van der Waals surface area (Å²) in [4.78, 5) is 25.9. The number of nitrogens with one attached hydrogen (secondary N) is 1. The molecule has 0 spiro atoms. The van der Waals surface area contributed by atoms with Crippen LogP contribution in [0.15, 0.2) is 48.8 Å². The second-order valence-electron chi connectivity index (χ2n) is 4.37. The zero-order valence-corrected chi connectivity index (χ0v) is 11.3. The van der Waals surface area contributed by atoms with Gasteiger partial charge in [0.1, 0.15) is 0 Å². The van der Waals surface area contributed by atoms with Crippen molar-refractivity contribution in [2.24, 2.45) is 0 Å². The van der Waals surface area contributed by atoms with E-state index in [-0.39, 0.29) is 11.6 Å². The Morgan fingerprint density at radius 3 is 2.90 bits per heavy atom. The number of amides is 1. The lowest BCUT2D eigenvalue weighted by Gasteiger charge is -2.04. The van der Waals surface area contributed by atoms with Gasteiger partial charge in [-0.3, -0.25) is 19.9 Å². The van der Waals surface area contributed by atoms with E-state index < -0.39 is 4.92 Å². The summed E-state index contributed by atoms with van der Waals surface area (Å²) in [6.45, 7) is 1.86. The molecule has 6 heteroatoms. The minimum atomic E-state index is -0.476. The van der Waals surface area contributed by atoms with Gasteiger partial charge in [-0.15, -0.1) is 0 Å². The van der Waals surface area contributed by atoms with Gasteiger partial charge in [-0.05, 0) is 30.2 Å². The first-order valence-corrected chi connectivity index (χ1v) is 6.20. The van der Waals surface area contributed by atoms with Crippen LogP contribution >= 0.6 is 0 Å². The molecule has 1 heterocycles. The van der Waals surface area contributed by atoms with Crippen LogP contribution in [0.3, 0.4) is 0 Å². The number of carbonyl (C=O) groups excluding carboxylic acids is 1. The average Bonchev–Trinajstić information content (AvgIpc) is 2.48. The molecule has 0 unspecified atom stereocenters. The van der Waals surface area contributed by atoms with Crippen molar-refractivity contribution in [1.82, 2.24) is 4.98 Å². The Balaban J connectivity index is 2.07. The number of hydrogen-bond donors (Lipinski definition) is 1. The number of nitro groups is 1. The van der Waals surface area contributed by atoms with Gasteiger partial charge in [0.2, 0.25) is 5.91 Å². The molecule has 0 fully saturated rings. The predicted molar refractivity (Wildman–Crippen MR) is 79.7 cm³/mol. The van der Waals surface area contributed by atoms with E-state index in [0.29, 0.717) is 11.3 Å². The maximum atomic E-state index is 11.8. The van der Waals surface area contributed by atoms with Gasteiger partial charge < -0.3 is 5.32 Å². The van der Waals surface area contributed by atoms with Crippen molar-refractivity contribution in [3.05, 3.63) is 70.0 Å². The zero-order chi connectivity index (χ0) is 15.2. The van der Waals surface area contributed by atoms with Gasteiger partial charge in [-0.2, -0.15) is 0 Å². The first-order chi connectivity index (χ1) is 10.1. The molecule has 21 heavy (non-hydrogen) atoms. The molecular formula is C15H13N3O3. The fourth-order valence-electron chi connectivity index (χ4n) is 1.68. The summed E-state index contributed by atoms with van der Waals surface area (Å²) in [6.07, 6.45) is 6.05. The van der Waals surface area contributed by atoms with Crippen LogP contribution in [0.25, 0.3) is 6.08 Å². The number of anilines is 1. The molecule has 0 atom stereocenters. The van der Waals surface area contributed by atoms with Gasteiger partial charge in [0, 0.05) is 24.4 Å². The van der Waals surface area contributed by atoms with Gasteiger partial charge >= 0.3 is 0 Å². The molecular weight excluding hydrogens is 270 g/mol. The number of aromatic nitrogens is 1. The van der Waals surface area contributed by atoms with Crippen LogP contribution in [0.1, 0.15) is 11.1 Å². The molecule has 1 amide bonds. The Morgan fingerprint density at radius 2 is 2.19 bits per heavy atom. The molecule has 0 bridgehead atoms. The molecule has 1 aromatic heterocycles. The molecule has 0 aliphatic rings. The van der Waals surface area contributed by atoms with E-state index in [4.69, 9.17) is 0 Å². The summed E-state index contributed by atoms with van der Waals surface area (Å²) >= 11 is 0. The van der Waals surface area contributed by atoms with E-state index in [9.17, 15) is 14.9 Å². The molecule has 1 aromatic carbocycles. The standard InChI is InChI=1S/C15H13N3O3/c1-11-7-8-16-10-14(11)17-15(19)6-5-12-3-2-4-13(9-12)18(20)21/h2-10H,1H3,(H,17,19)/b6-5+. The van der Waals surface area contributed by atoms with Gasteiger partial charge in [-0.25, -0.2) is 0 Å². The Labute approximate surface area is 121 Å². The topological polar surface area (TPSA) is 85.1 Å². The van der Waals surface area contributed by atoms with Crippen LogP contribution in [-0.4, -0.2) is 15.8 Å². The quantitative estimate of drug-likeness (QED) is 0.531. The van der Waals surface area contributed by atoms with Crippen LogP contribution in [-0.2, 0) is 4.79 Å². The number of non-ortho nitro benzene ring substituents is 1. The van der Waals surface area contributed by atoms with Gasteiger partial charge in [0.05, 0.1) is 16.8 Å². The average molecular weight is 283 g/mol. The first kappa shape index (κ1) is 14.4. The van der Waals surface area contributed by atoms with E-state index in [1.807, 2.05) is 6.92 Å². The highest BCUT2D eigenvalue weighted by Gasteiger charge is 2.04. The molecule has 0 aliphatic carbocycles. The number of carbonyl (C=O) groups is 1. The summed E-state index contributed by atoms with van der Waals surface area (Å²) in [7, 11) is 0. The van der Waals surface area contributed by atoms with Crippen molar-refractivity contribution in [2.45, 2.75) is 6.92 Å². The molecule has 106 valence electrons. The van der Waals surface area contributed by atoms with Crippen molar-refractivity contribution in [3.63, 3.8) is 0 Å². The van der Waals surface area contributed by atoms with E-state index in [2.05, 4.69) is 10.3 Å². The van der Waals surface area contributed by atoms with Crippen LogP contribution in [0.5, 0.6) is 0 Å². The highest BCUT2D eigenvalue weighted by Crippen LogP contribution is 2.15. The van der Waals surface area contributed by atoms with Gasteiger partial charge in [0.15, 0.2) is 0 Å². The van der Waals surface area contributed by atoms with E-state index in [0.717, 1.165) is 5.56 Å². The lowest BCUT2D eigenvalue weighted by atomic mass is 10.2. The third-order valence-corrected chi connectivity index (χ3v) is 2.81.